The van der Waals surface area contributed by atoms with E-state index in [0.29, 0.717) is 36.5 Å². The van der Waals surface area contributed by atoms with Crippen molar-refractivity contribution in [2.24, 2.45) is 0 Å². The van der Waals surface area contributed by atoms with Crippen LogP contribution in [0.2, 0.25) is 0 Å². The fraction of sp³-hybridized carbons (Fsp3) is 0.440. The molecule has 0 atom stereocenters. The number of benzene rings is 1. The number of rotatable bonds is 4. The third kappa shape index (κ3) is 3.33. The van der Waals surface area contributed by atoms with Crippen LogP contribution in [0.1, 0.15) is 60.8 Å². The summed E-state index contributed by atoms with van der Waals surface area (Å²) in [6.45, 7) is 9.30. The fourth-order valence-electron chi connectivity index (χ4n) is 5.08. The normalized spacial score (nSPS) is 17.6. The maximum atomic E-state index is 12.7. The van der Waals surface area contributed by atoms with Gasteiger partial charge in [0.2, 0.25) is 0 Å². The molecule has 1 saturated carbocycles. The molecule has 0 saturated heterocycles. The average molecular weight is 404 g/mol. The minimum Gasteiger partial charge on any atom is -0.362 e. The van der Waals surface area contributed by atoms with Crippen molar-refractivity contribution in [1.29, 1.82) is 0 Å². The van der Waals surface area contributed by atoms with Gasteiger partial charge in [0, 0.05) is 37.5 Å². The summed E-state index contributed by atoms with van der Waals surface area (Å²) in [6, 6.07) is 8.65. The van der Waals surface area contributed by atoms with Gasteiger partial charge in [-0.1, -0.05) is 49.3 Å². The summed E-state index contributed by atoms with van der Waals surface area (Å²) in [5.74, 6) is 2.84. The molecule has 1 aliphatic carbocycles. The minimum absolute atomic E-state index is 0.0463. The molecule has 1 fully saturated rings. The lowest BCUT2D eigenvalue weighted by Crippen LogP contribution is -2.38. The van der Waals surface area contributed by atoms with E-state index in [2.05, 4.69) is 46.3 Å². The van der Waals surface area contributed by atoms with E-state index in [1.807, 2.05) is 18.9 Å². The van der Waals surface area contributed by atoms with Crippen LogP contribution in [0.15, 0.2) is 35.6 Å². The zero-order chi connectivity index (χ0) is 21.5. The minimum atomic E-state index is -0.247. The number of fused-ring (bicyclic) bond motifs is 1. The monoisotopic (exact) mass is 403 g/mol. The highest BCUT2D eigenvalue weighted by Gasteiger charge is 2.38. The molecule has 156 valence electrons. The second kappa shape index (κ2) is 7.73. The third-order valence-corrected chi connectivity index (χ3v) is 6.87. The van der Waals surface area contributed by atoms with Crippen molar-refractivity contribution in [3.63, 3.8) is 0 Å². The maximum Gasteiger partial charge on any atom is 0.276 e. The Labute approximate surface area is 177 Å². The molecule has 5 heteroatoms. The summed E-state index contributed by atoms with van der Waals surface area (Å²) >= 11 is 0. The van der Waals surface area contributed by atoms with Crippen molar-refractivity contribution < 1.29 is 4.79 Å². The van der Waals surface area contributed by atoms with E-state index in [1.54, 1.807) is 6.92 Å². The molecule has 0 spiro atoms. The lowest BCUT2D eigenvalue weighted by Gasteiger charge is -2.35. The van der Waals surface area contributed by atoms with E-state index in [1.165, 1.54) is 18.4 Å². The first kappa shape index (κ1) is 20.4. The molecule has 1 aromatic heterocycles. The summed E-state index contributed by atoms with van der Waals surface area (Å²) in [5.41, 5.74) is 4.86. The summed E-state index contributed by atoms with van der Waals surface area (Å²) in [4.78, 5) is 30.8. The summed E-state index contributed by atoms with van der Waals surface area (Å²) in [6.07, 6.45) is 5.18. The zero-order valence-electron chi connectivity index (χ0n) is 18.1. The Morgan fingerprint density at radius 3 is 2.67 bits per heavy atom. The van der Waals surface area contributed by atoms with Crippen molar-refractivity contribution in [2.45, 2.75) is 57.9 Å². The topological polar surface area (TPSA) is 55.2 Å². The molecular weight excluding hydrogens is 374 g/mol. The summed E-state index contributed by atoms with van der Waals surface area (Å²) < 4.78 is 2.08. The lowest BCUT2D eigenvalue weighted by molar-refractivity contribution is 0.371. The van der Waals surface area contributed by atoms with Gasteiger partial charge in [-0.05, 0) is 37.8 Å². The van der Waals surface area contributed by atoms with Crippen LogP contribution < -0.4 is 5.56 Å². The van der Waals surface area contributed by atoms with Crippen LogP contribution in [0.5, 0.6) is 0 Å². The van der Waals surface area contributed by atoms with Crippen LogP contribution in [-0.4, -0.2) is 34.0 Å². The summed E-state index contributed by atoms with van der Waals surface area (Å²) in [5, 5.41) is 0. The molecule has 4 rings (SSSR count). The van der Waals surface area contributed by atoms with Crippen LogP contribution in [0.25, 0.3) is 11.3 Å². The van der Waals surface area contributed by atoms with Crippen molar-refractivity contribution in [2.75, 3.05) is 13.6 Å². The molecule has 0 bridgehead atoms. The summed E-state index contributed by atoms with van der Waals surface area (Å²) in [7, 11) is 1.87. The van der Waals surface area contributed by atoms with Crippen LogP contribution in [0.4, 0.5) is 0 Å². The molecule has 1 aliphatic heterocycles. The lowest BCUT2D eigenvalue weighted by atomic mass is 9.75. The average Bonchev–Trinajstić information content (AvgIpc) is 3.21. The molecule has 0 radical (unpaired) electrons. The first-order valence-electron chi connectivity index (χ1n) is 10.7. The number of nitrogens with zero attached hydrogens (tertiary/aromatic N) is 3. The SMILES string of the molecule is C=C(C)c1cccc(C2(Cc3nc(=O)c(C)c4n3CCN(C)C4=C=O)CCCC2)c1. The number of allylic oxidation sites excluding steroid dienone is 1. The molecule has 30 heavy (non-hydrogen) atoms. The zero-order valence-corrected chi connectivity index (χ0v) is 18.1. The molecule has 0 unspecified atom stereocenters. The highest BCUT2D eigenvalue weighted by molar-refractivity contribution is 5.86. The van der Waals surface area contributed by atoms with Gasteiger partial charge >= 0.3 is 0 Å². The van der Waals surface area contributed by atoms with Crippen molar-refractivity contribution in [3.8, 4) is 0 Å². The Morgan fingerprint density at radius 2 is 2.00 bits per heavy atom. The van der Waals surface area contributed by atoms with Crippen LogP contribution >= 0.6 is 0 Å². The maximum absolute atomic E-state index is 12.7. The molecule has 2 heterocycles. The van der Waals surface area contributed by atoms with Crippen molar-refractivity contribution in [1.82, 2.24) is 14.5 Å². The van der Waals surface area contributed by atoms with E-state index in [0.717, 1.165) is 29.8 Å². The predicted octanol–water partition coefficient (Wildman–Crippen LogP) is 3.76. The molecular formula is C25H29N3O2. The number of likely N-dealkylation sites (N-methyl/N-ethyl adjacent to an activating group) is 1. The number of aromatic nitrogens is 2. The molecule has 0 amide bonds. The van der Waals surface area contributed by atoms with Crippen LogP contribution in [0, 0.1) is 6.92 Å². The standard InChI is InChI=1S/C25H29N3O2/c1-17(2)19-8-7-9-20(14-19)25(10-5-6-11-25)15-22-26-24(30)18(3)23-21(16-29)27(4)12-13-28(22)23/h7-9,14H,1,5-6,10-13,15H2,2-4H3. The number of hydrogen-bond donors (Lipinski definition) is 0. The highest BCUT2D eigenvalue weighted by Crippen LogP contribution is 2.44. The smallest absolute Gasteiger partial charge is 0.276 e. The third-order valence-electron chi connectivity index (χ3n) is 6.87. The van der Waals surface area contributed by atoms with Crippen LogP contribution in [-0.2, 0) is 23.2 Å². The van der Waals surface area contributed by atoms with Gasteiger partial charge in [-0.15, -0.1) is 0 Å². The van der Waals surface area contributed by atoms with Crippen molar-refractivity contribution in [3.05, 3.63) is 69.4 Å². The Kier molecular flexibility index (Phi) is 5.25. The molecule has 2 aromatic rings. The van der Waals surface area contributed by atoms with Crippen LogP contribution in [0.3, 0.4) is 0 Å². The molecule has 0 N–H and O–H groups in total. The van der Waals surface area contributed by atoms with Gasteiger partial charge in [-0.25, -0.2) is 4.79 Å². The van der Waals surface area contributed by atoms with Gasteiger partial charge in [0.05, 0.1) is 5.69 Å². The van der Waals surface area contributed by atoms with Gasteiger partial charge in [0.25, 0.3) is 5.56 Å². The van der Waals surface area contributed by atoms with E-state index in [-0.39, 0.29) is 11.0 Å². The van der Waals surface area contributed by atoms with Gasteiger partial charge in [0.1, 0.15) is 11.5 Å². The van der Waals surface area contributed by atoms with E-state index >= 15 is 0 Å². The molecule has 1 aromatic carbocycles. The van der Waals surface area contributed by atoms with E-state index in [4.69, 9.17) is 0 Å². The van der Waals surface area contributed by atoms with Gasteiger partial charge in [0.15, 0.2) is 5.94 Å². The van der Waals surface area contributed by atoms with Gasteiger partial charge < -0.3 is 9.47 Å². The van der Waals surface area contributed by atoms with E-state index < -0.39 is 0 Å². The quantitative estimate of drug-likeness (QED) is 0.730. The van der Waals surface area contributed by atoms with Gasteiger partial charge in [-0.3, -0.25) is 4.79 Å². The fourth-order valence-corrected chi connectivity index (χ4v) is 5.08. The largest absolute Gasteiger partial charge is 0.362 e. The first-order valence-corrected chi connectivity index (χ1v) is 10.7. The van der Waals surface area contributed by atoms with E-state index in [9.17, 15) is 9.59 Å². The number of hydrogen-bond acceptors (Lipinski definition) is 4. The Balaban J connectivity index is 1.85. The second-order valence-corrected chi connectivity index (χ2v) is 8.86. The van der Waals surface area contributed by atoms with Crippen molar-refractivity contribution >= 4 is 17.2 Å². The number of carbonyl (C=O) groups excluding carboxylic acids is 1. The highest BCUT2D eigenvalue weighted by atomic mass is 16.1. The molecule has 2 aliphatic rings. The Morgan fingerprint density at radius 1 is 1.27 bits per heavy atom. The molecule has 5 nitrogen and oxygen atoms in total. The predicted molar refractivity (Wildman–Crippen MR) is 120 cm³/mol. The Hall–Kier alpha value is -2.91. The second-order valence-electron chi connectivity index (χ2n) is 8.86. The van der Waals surface area contributed by atoms with Gasteiger partial charge in [-0.2, -0.15) is 4.98 Å². The Bertz CT molecular complexity index is 1120. The first-order chi connectivity index (χ1) is 14.4.